The first-order chi connectivity index (χ1) is 14.9. The highest BCUT2D eigenvalue weighted by Crippen LogP contribution is 2.19. The lowest BCUT2D eigenvalue weighted by molar-refractivity contribution is -0.385. The second kappa shape index (κ2) is 10.5. The number of carbonyl (C=O) groups excluding carboxylic acids is 2. The summed E-state index contributed by atoms with van der Waals surface area (Å²) in [6.45, 7) is 5.46. The van der Waals surface area contributed by atoms with Crippen molar-refractivity contribution in [1.82, 2.24) is 15.1 Å². The molecule has 2 aromatic carbocycles. The topological polar surface area (TPSA) is 105 Å². The minimum absolute atomic E-state index is 0.119. The number of para-hydroxylation sites is 1. The number of amides is 2. The number of nitrogens with zero attached hydrogens (tertiary/aromatic N) is 3. The molecule has 0 bridgehead atoms. The van der Waals surface area contributed by atoms with Gasteiger partial charge in [-0.2, -0.15) is 0 Å². The number of benzene rings is 2. The lowest BCUT2D eigenvalue weighted by Crippen LogP contribution is -2.51. The fourth-order valence-corrected chi connectivity index (χ4v) is 3.35. The van der Waals surface area contributed by atoms with E-state index in [9.17, 15) is 19.7 Å². The summed E-state index contributed by atoms with van der Waals surface area (Å²) >= 11 is 0. The molecular formula is C22H26N4O5. The van der Waals surface area contributed by atoms with E-state index in [-0.39, 0.29) is 23.7 Å². The van der Waals surface area contributed by atoms with Crippen LogP contribution in [0.1, 0.15) is 15.9 Å². The van der Waals surface area contributed by atoms with E-state index in [0.29, 0.717) is 25.3 Å². The number of nitrogens with one attached hydrogen (secondary N) is 1. The van der Waals surface area contributed by atoms with Gasteiger partial charge in [-0.1, -0.05) is 24.3 Å². The predicted molar refractivity (Wildman–Crippen MR) is 115 cm³/mol. The van der Waals surface area contributed by atoms with E-state index in [1.165, 1.54) is 18.2 Å². The van der Waals surface area contributed by atoms with Crippen molar-refractivity contribution in [3.8, 4) is 5.75 Å². The van der Waals surface area contributed by atoms with Crippen molar-refractivity contribution in [2.45, 2.75) is 6.92 Å². The van der Waals surface area contributed by atoms with Crippen molar-refractivity contribution in [3.05, 3.63) is 69.8 Å². The Morgan fingerprint density at radius 2 is 1.81 bits per heavy atom. The SMILES string of the molecule is Cc1ccc(C(=O)NCC(=O)N2CCN(CCOc3ccccc3)CC2)cc1[N+](=O)[O-]. The fraction of sp³-hybridized carbons (Fsp3) is 0.364. The lowest BCUT2D eigenvalue weighted by Gasteiger charge is -2.34. The molecule has 0 spiro atoms. The average molecular weight is 426 g/mol. The zero-order valence-corrected chi connectivity index (χ0v) is 17.5. The summed E-state index contributed by atoms with van der Waals surface area (Å²) < 4.78 is 5.71. The first kappa shape index (κ1) is 22.2. The van der Waals surface area contributed by atoms with Gasteiger partial charge in [-0.25, -0.2) is 0 Å². The van der Waals surface area contributed by atoms with Gasteiger partial charge in [-0.05, 0) is 25.1 Å². The van der Waals surface area contributed by atoms with E-state index in [2.05, 4.69) is 10.2 Å². The zero-order chi connectivity index (χ0) is 22.2. The zero-order valence-electron chi connectivity index (χ0n) is 17.5. The van der Waals surface area contributed by atoms with Gasteiger partial charge in [0.05, 0.1) is 11.5 Å². The van der Waals surface area contributed by atoms with Crippen LogP contribution in [0.2, 0.25) is 0 Å². The molecule has 0 unspecified atom stereocenters. The summed E-state index contributed by atoms with van der Waals surface area (Å²) in [6.07, 6.45) is 0. The molecule has 1 aliphatic rings. The molecule has 2 aromatic rings. The van der Waals surface area contributed by atoms with Crippen LogP contribution in [0.25, 0.3) is 0 Å². The number of rotatable bonds is 8. The maximum absolute atomic E-state index is 12.4. The third-order valence-electron chi connectivity index (χ3n) is 5.21. The number of carbonyl (C=O) groups is 2. The monoisotopic (exact) mass is 426 g/mol. The molecule has 31 heavy (non-hydrogen) atoms. The van der Waals surface area contributed by atoms with Crippen LogP contribution in [-0.2, 0) is 4.79 Å². The highest BCUT2D eigenvalue weighted by Gasteiger charge is 2.22. The van der Waals surface area contributed by atoms with Gasteiger partial charge in [-0.15, -0.1) is 0 Å². The van der Waals surface area contributed by atoms with E-state index in [1.807, 2.05) is 30.3 Å². The van der Waals surface area contributed by atoms with Crippen molar-refractivity contribution in [2.75, 3.05) is 45.9 Å². The highest BCUT2D eigenvalue weighted by atomic mass is 16.6. The molecule has 1 fully saturated rings. The van der Waals surface area contributed by atoms with Gasteiger partial charge in [0.1, 0.15) is 12.4 Å². The molecule has 1 aliphatic heterocycles. The van der Waals surface area contributed by atoms with Gasteiger partial charge >= 0.3 is 0 Å². The van der Waals surface area contributed by atoms with Gasteiger partial charge in [0.2, 0.25) is 5.91 Å². The van der Waals surface area contributed by atoms with Crippen molar-refractivity contribution in [1.29, 1.82) is 0 Å². The molecule has 9 heteroatoms. The van der Waals surface area contributed by atoms with Gasteiger partial charge in [-0.3, -0.25) is 24.6 Å². The Labute approximate surface area is 180 Å². The Kier molecular flexibility index (Phi) is 7.55. The van der Waals surface area contributed by atoms with Crippen LogP contribution in [0.4, 0.5) is 5.69 Å². The molecule has 1 saturated heterocycles. The van der Waals surface area contributed by atoms with Gasteiger partial charge < -0.3 is 15.0 Å². The molecule has 3 rings (SSSR count). The molecule has 1 N–H and O–H groups in total. The number of piperazine rings is 1. The van der Waals surface area contributed by atoms with E-state index in [1.54, 1.807) is 11.8 Å². The number of hydrogen-bond acceptors (Lipinski definition) is 6. The molecule has 0 saturated carbocycles. The quantitative estimate of drug-likeness (QED) is 0.510. The van der Waals surface area contributed by atoms with Crippen LogP contribution in [0.3, 0.4) is 0 Å². The van der Waals surface area contributed by atoms with Crippen molar-refractivity contribution in [3.63, 3.8) is 0 Å². The average Bonchev–Trinajstić information content (AvgIpc) is 2.78. The smallest absolute Gasteiger partial charge is 0.273 e. The van der Waals surface area contributed by atoms with Crippen LogP contribution in [0.15, 0.2) is 48.5 Å². The van der Waals surface area contributed by atoms with Crippen LogP contribution in [-0.4, -0.2) is 72.4 Å². The molecule has 164 valence electrons. The maximum atomic E-state index is 12.4. The van der Waals surface area contributed by atoms with E-state index < -0.39 is 10.8 Å². The van der Waals surface area contributed by atoms with Crippen LogP contribution in [0.5, 0.6) is 5.75 Å². The van der Waals surface area contributed by atoms with Crippen molar-refractivity contribution < 1.29 is 19.2 Å². The number of aryl methyl sites for hydroxylation is 1. The predicted octanol–water partition coefficient (Wildman–Crippen LogP) is 1.86. The first-order valence-electron chi connectivity index (χ1n) is 10.2. The molecule has 0 radical (unpaired) electrons. The third kappa shape index (κ3) is 6.26. The molecule has 0 aliphatic carbocycles. The number of nitro benzene ring substituents is 1. The summed E-state index contributed by atoms with van der Waals surface area (Å²) in [4.78, 5) is 39.2. The van der Waals surface area contributed by atoms with Gasteiger partial charge in [0.25, 0.3) is 11.6 Å². The second-order valence-corrected chi connectivity index (χ2v) is 7.32. The van der Waals surface area contributed by atoms with Gasteiger partial charge in [0.15, 0.2) is 0 Å². The normalized spacial score (nSPS) is 14.2. The largest absolute Gasteiger partial charge is 0.492 e. The van der Waals surface area contributed by atoms with Crippen molar-refractivity contribution in [2.24, 2.45) is 0 Å². The van der Waals surface area contributed by atoms with Crippen molar-refractivity contribution >= 4 is 17.5 Å². The molecule has 9 nitrogen and oxygen atoms in total. The minimum atomic E-state index is -0.526. The fourth-order valence-electron chi connectivity index (χ4n) is 3.35. The van der Waals surface area contributed by atoms with Gasteiger partial charge in [0, 0.05) is 49.9 Å². The Hall–Kier alpha value is -3.46. The molecule has 1 heterocycles. The number of hydrogen-bond donors (Lipinski definition) is 1. The first-order valence-corrected chi connectivity index (χ1v) is 10.2. The van der Waals surface area contributed by atoms with E-state index in [4.69, 9.17) is 4.74 Å². The number of nitro groups is 1. The summed E-state index contributed by atoms with van der Waals surface area (Å²) in [5.41, 5.74) is 0.518. The summed E-state index contributed by atoms with van der Waals surface area (Å²) in [7, 11) is 0. The van der Waals surface area contributed by atoms with Crippen LogP contribution in [0, 0.1) is 17.0 Å². The third-order valence-corrected chi connectivity index (χ3v) is 5.21. The Morgan fingerprint density at radius 1 is 1.10 bits per heavy atom. The number of ether oxygens (including phenoxy) is 1. The minimum Gasteiger partial charge on any atom is -0.492 e. The van der Waals surface area contributed by atoms with E-state index in [0.717, 1.165) is 25.4 Å². The molecular weight excluding hydrogens is 400 g/mol. The van der Waals surface area contributed by atoms with Crippen LogP contribution < -0.4 is 10.1 Å². The Bertz CT molecular complexity index is 927. The Morgan fingerprint density at radius 3 is 2.48 bits per heavy atom. The maximum Gasteiger partial charge on any atom is 0.273 e. The molecule has 2 amide bonds. The van der Waals surface area contributed by atoms with Crippen LogP contribution >= 0.6 is 0 Å². The molecule has 0 aromatic heterocycles. The summed E-state index contributed by atoms with van der Waals surface area (Å²) in [5.74, 6) is 0.161. The summed E-state index contributed by atoms with van der Waals surface area (Å²) in [6, 6.07) is 13.9. The lowest BCUT2D eigenvalue weighted by atomic mass is 10.1. The van der Waals surface area contributed by atoms with E-state index >= 15 is 0 Å². The second-order valence-electron chi connectivity index (χ2n) is 7.32. The summed E-state index contributed by atoms with van der Waals surface area (Å²) in [5, 5.41) is 13.6. The standard InChI is InChI=1S/C22H26N4O5/c1-17-7-8-18(15-20(17)26(29)30)22(28)23-16-21(27)25-11-9-24(10-12-25)13-14-31-19-5-3-2-4-6-19/h2-8,15H,9-14,16H2,1H3,(H,23,28). The Balaban J connectivity index is 1.39. The highest BCUT2D eigenvalue weighted by molar-refractivity contribution is 5.97. The molecule has 0 atom stereocenters.